The Morgan fingerprint density at radius 3 is 2.71 bits per heavy atom. The Labute approximate surface area is 170 Å². The summed E-state index contributed by atoms with van der Waals surface area (Å²) in [5.41, 5.74) is 4.96. The lowest BCUT2D eigenvalue weighted by Crippen LogP contribution is -2.25. The molecular formula is C21H27N3O3S. The van der Waals surface area contributed by atoms with Crippen LogP contribution in [0.25, 0.3) is 0 Å². The Morgan fingerprint density at radius 2 is 2.00 bits per heavy atom. The summed E-state index contributed by atoms with van der Waals surface area (Å²) in [7, 11) is 0. The first-order valence-electron chi connectivity index (χ1n) is 9.49. The number of hydrogen-bond acceptors (Lipinski definition) is 7. The van der Waals surface area contributed by atoms with E-state index in [1.165, 1.54) is 11.1 Å². The Hall–Kier alpha value is -2.15. The minimum Gasteiger partial charge on any atom is -0.440 e. The summed E-state index contributed by atoms with van der Waals surface area (Å²) in [5, 5.41) is 0.681. The first kappa shape index (κ1) is 20.6. The molecule has 0 saturated heterocycles. The van der Waals surface area contributed by atoms with Crippen molar-refractivity contribution in [3.8, 4) is 5.88 Å². The SMILES string of the molecule is Cc1ccnc(C)c1CSc1nc2c(c(OCOC(=O)C(C)(C)C)n1)CCC2. The van der Waals surface area contributed by atoms with Crippen LogP contribution in [0.2, 0.25) is 0 Å². The summed E-state index contributed by atoms with van der Waals surface area (Å²) in [6.07, 6.45) is 4.69. The fraction of sp³-hybridized carbons (Fsp3) is 0.524. The van der Waals surface area contributed by atoms with Gasteiger partial charge in [0.15, 0.2) is 5.16 Å². The topological polar surface area (TPSA) is 74.2 Å². The van der Waals surface area contributed by atoms with E-state index in [1.807, 2.05) is 40.0 Å². The Bertz CT molecular complexity index is 858. The van der Waals surface area contributed by atoms with Crippen molar-refractivity contribution in [1.82, 2.24) is 15.0 Å². The number of fused-ring (bicyclic) bond motifs is 1. The first-order valence-corrected chi connectivity index (χ1v) is 10.5. The van der Waals surface area contributed by atoms with Gasteiger partial charge in [-0.3, -0.25) is 9.78 Å². The Morgan fingerprint density at radius 1 is 1.21 bits per heavy atom. The van der Waals surface area contributed by atoms with Crippen LogP contribution in [0.15, 0.2) is 17.4 Å². The molecule has 1 aliphatic rings. The number of carbonyl (C=O) groups excluding carboxylic acids is 1. The van der Waals surface area contributed by atoms with Crippen molar-refractivity contribution in [2.24, 2.45) is 5.41 Å². The van der Waals surface area contributed by atoms with E-state index in [9.17, 15) is 4.79 Å². The van der Waals surface area contributed by atoms with Crippen LogP contribution in [0.3, 0.4) is 0 Å². The van der Waals surface area contributed by atoms with E-state index < -0.39 is 5.41 Å². The maximum atomic E-state index is 11.9. The lowest BCUT2D eigenvalue weighted by Gasteiger charge is -2.17. The Kier molecular flexibility index (Phi) is 6.23. The maximum absolute atomic E-state index is 11.9. The van der Waals surface area contributed by atoms with Gasteiger partial charge in [-0.05, 0) is 71.1 Å². The van der Waals surface area contributed by atoms with E-state index in [0.717, 1.165) is 42.0 Å². The van der Waals surface area contributed by atoms with Crippen molar-refractivity contribution in [1.29, 1.82) is 0 Å². The van der Waals surface area contributed by atoms with Crippen LogP contribution < -0.4 is 4.74 Å². The lowest BCUT2D eigenvalue weighted by atomic mass is 9.98. The minimum atomic E-state index is -0.558. The van der Waals surface area contributed by atoms with Gasteiger partial charge >= 0.3 is 5.97 Å². The third-order valence-corrected chi connectivity index (χ3v) is 5.60. The quantitative estimate of drug-likeness (QED) is 0.311. The maximum Gasteiger partial charge on any atom is 0.314 e. The number of pyridine rings is 1. The van der Waals surface area contributed by atoms with Gasteiger partial charge in [0.2, 0.25) is 12.7 Å². The van der Waals surface area contributed by atoms with Gasteiger partial charge in [0.25, 0.3) is 0 Å². The number of aryl methyl sites for hydroxylation is 3. The van der Waals surface area contributed by atoms with E-state index in [0.29, 0.717) is 11.0 Å². The summed E-state index contributed by atoms with van der Waals surface area (Å²) >= 11 is 1.58. The zero-order valence-electron chi connectivity index (χ0n) is 17.2. The summed E-state index contributed by atoms with van der Waals surface area (Å²) < 4.78 is 11.0. The van der Waals surface area contributed by atoms with Crippen LogP contribution in [0, 0.1) is 19.3 Å². The summed E-state index contributed by atoms with van der Waals surface area (Å²) in [6.45, 7) is 9.42. The molecule has 6 nitrogen and oxygen atoms in total. The summed E-state index contributed by atoms with van der Waals surface area (Å²) in [6, 6.07) is 2.02. The van der Waals surface area contributed by atoms with Gasteiger partial charge in [-0.15, -0.1) is 0 Å². The number of esters is 1. The second-order valence-corrected chi connectivity index (χ2v) is 8.96. The van der Waals surface area contributed by atoms with Crippen molar-refractivity contribution in [2.75, 3.05) is 6.79 Å². The molecule has 2 aromatic heterocycles. The van der Waals surface area contributed by atoms with Gasteiger partial charge in [0, 0.05) is 23.2 Å². The van der Waals surface area contributed by atoms with Crippen LogP contribution in [-0.4, -0.2) is 27.7 Å². The van der Waals surface area contributed by atoms with Crippen LogP contribution in [0.1, 0.15) is 55.3 Å². The normalized spacial score (nSPS) is 13.3. The molecular weight excluding hydrogens is 374 g/mol. The van der Waals surface area contributed by atoms with Crippen molar-refractivity contribution >= 4 is 17.7 Å². The van der Waals surface area contributed by atoms with Gasteiger partial charge in [-0.1, -0.05) is 11.8 Å². The third kappa shape index (κ3) is 4.82. The number of aromatic nitrogens is 3. The van der Waals surface area contributed by atoms with Crippen molar-refractivity contribution in [2.45, 2.75) is 64.8 Å². The molecule has 2 heterocycles. The van der Waals surface area contributed by atoms with Gasteiger partial charge in [0.1, 0.15) is 0 Å². The smallest absolute Gasteiger partial charge is 0.314 e. The molecule has 0 unspecified atom stereocenters. The number of hydrogen-bond donors (Lipinski definition) is 0. The zero-order valence-corrected chi connectivity index (χ0v) is 18.0. The average Bonchev–Trinajstić information content (AvgIpc) is 3.09. The van der Waals surface area contributed by atoms with Gasteiger partial charge in [0.05, 0.1) is 11.1 Å². The molecule has 0 bridgehead atoms. The zero-order chi connectivity index (χ0) is 20.3. The van der Waals surface area contributed by atoms with Crippen LogP contribution in [0.5, 0.6) is 5.88 Å². The highest BCUT2D eigenvalue weighted by Gasteiger charge is 2.24. The monoisotopic (exact) mass is 401 g/mol. The molecule has 0 fully saturated rings. The van der Waals surface area contributed by atoms with Crippen LogP contribution in [-0.2, 0) is 28.1 Å². The Balaban J connectivity index is 1.71. The predicted molar refractivity (Wildman–Crippen MR) is 108 cm³/mol. The molecule has 0 spiro atoms. The fourth-order valence-corrected chi connectivity index (χ4v) is 4.03. The molecule has 3 rings (SSSR count). The number of rotatable bonds is 6. The van der Waals surface area contributed by atoms with Crippen LogP contribution in [0.4, 0.5) is 0 Å². The molecule has 28 heavy (non-hydrogen) atoms. The van der Waals surface area contributed by atoms with Gasteiger partial charge in [-0.2, -0.15) is 4.98 Å². The van der Waals surface area contributed by atoms with E-state index in [2.05, 4.69) is 16.9 Å². The molecule has 1 aliphatic carbocycles. The van der Waals surface area contributed by atoms with E-state index in [1.54, 1.807) is 11.8 Å². The highest BCUT2D eigenvalue weighted by atomic mass is 32.2. The van der Waals surface area contributed by atoms with Crippen molar-refractivity contribution in [3.63, 3.8) is 0 Å². The van der Waals surface area contributed by atoms with E-state index >= 15 is 0 Å². The second-order valence-electron chi connectivity index (χ2n) is 8.01. The lowest BCUT2D eigenvalue weighted by molar-refractivity contribution is -0.159. The largest absolute Gasteiger partial charge is 0.440 e. The fourth-order valence-electron chi connectivity index (χ4n) is 3.00. The summed E-state index contributed by atoms with van der Waals surface area (Å²) in [4.78, 5) is 25.6. The molecule has 2 aromatic rings. The molecule has 0 radical (unpaired) electrons. The highest BCUT2D eigenvalue weighted by molar-refractivity contribution is 7.98. The van der Waals surface area contributed by atoms with E-state index in [-0.39, 0.29) is 12.8 Å². The molecule has 0 atom stereocenters. The summed E-state index contributed by atoms with van der Waals surface area (Å²) in [5.74, 6) is 0.990. The highest BCUT2D eigenvalue weighted by Crippen LogP contribution is 2.32. The van der Waals surface area contributed by atoms with Crippen LogP contribution >= 0.6 is 11.8 Å². The predicted octanol–water partition coefficient (Wildman–Crippen LogP) is 4.20. The van der Waals surface area contributed by atoms with Crippen molar-refractivity contribution in [3.05, 3.63) is 40.3 Å². The molecule has 0 saturated carbocycles. The molecule has 0 aliphatic heterocycles. The van der Waals surface area contributed by atoms with Gasteiger partial charge in [-0.25, -0.2) is 4.98 Å². The van der Waals surface area contributed by atoms with E-state index in [4.69, 9.17) is 14.5 Å². The molecule has 0 N–H and O–H groups in total. The third-order valence-electron chi connectivity index (χ3n) is 4.72. The molecule has 0 amide bonds. The standard InChI is InChI=1S/C21H27N3O3S/c1-13-9-10-22-14(2)16(13)11-28-20-23-17-8-6-7-15(17)18(24-20)26-12-27-19(25)21(3,4)5/h9-10H,6-8,11-12H2,1-5H3. The van der Waals surface area contributed by atoms with Gasteiger partial charge < -0.3 is 9.47 Å². The second kappa shape index (κ2) is 8.47. The number of thioether (sulfide) groups is 1. The number of carbonyl (C=O) groups is 1. The van der Waals surface area contributed by atoms with Crippen molar-refractivity contribution < 1.29 is 14.3 Å². The first-order chi connectivity index (χ1) is 13.3. The molecule has 150 valence electrons. The average molecular weight is 402 g/mol. The number of ether oxygens (including phenoxy) is 2. The minimum absolute atomic E-state index is 0.134. The number of nitrogens with zero attached hydrogens (tertiary/aromatic N) is 3. The molecule has 0 aromatic carbocycles. The molecule has 7 heteroatoms.